The highest BCUT2D eigenvalue weighted by Gasteiger charge is 2.43. The minimum atomic E-state index is -1.05. The summed E-state index contributed by atoms with van der Waals surface area (Å²) in [5.74, 6) is -0.0410. The molecule has 0 unspecified atom stereocenters. The van der Waals surface area contributed by atoms with Crippen molar-refractivity contribution in [3.05, 3.63) is 78.1 Å². The maximum absolute atomic E-state index is 13.2. The van der Waals surface area contributed by atoms with E-state index in [-0.39, 0.29) is 18.2 Å². The quantitative estimate of drug-likeness (QED) is 0.391. The molecule has 37 heavy (non-hydrogen) atoms. The lowest BCUT2D eigenvalue weighted by molar-refractivity contribution is -0.117. The number of oxazole rings is 1. The average molecular weight is 499 g/mol. The first kappa shape index (κ1) is 23.3. The Morgan fingerprint density at radius 2 is 1.84 bits per heavy atom. The number of nitrogens with zero attached hydrogens (tertiary/aromatic N) is 3. The zero-order valence-electron chi connectivity index (χ0n) is 20.3. The third-order valence-corrected chi connectivity index (χ3v) is 7.20. The number of hydrogen-bond donors (Lipinski definition) is 1. The van der Waals surface area contributed by atoms with Crippen molar-refractivity contribution >= 4 is 28.6 Å². The molecule has 1 saturated carbocycles. The number of piperidine rings is 1. The Hall–Kier alpha value is -4.07. The van der Waals surface area contributed by atoms with Gasteiger partial charge in [0.25, 0.3) is 5.91 Å². The van der Waals surface area contributed by atoms with Gasteiger partial charge in [-0.3, -0.25) is 14.6 Å². The number of rotatable bonds is 6. The summed E-state index contributed by atoms with van der Waals surface area (Å²) in [5.41, 5.74) is 4.00. The Balaban J connectivity index is 1.12. The summed E-state index contributed by atoms with van der Waals surface area (Å²) in [4.78, 5) is 36.0. The van der Waals surface area contributed by atoms with Crippen molar-refractivity contribution in [3.8, 4) is 11.5 Å². The number of aromatic nitrogens is 2. The van der Waals surface area contributed by atoms with E-state index in [4.69, 9.17) is 4.42 Å². The van der Waals surface area contributed by atoms with E-state index in [1.54, 1.807) is 36.5 Å². The van der Waals surface area contributed by atoms with Gasteiger partial charge in [-0.25, -0.2) is 9.37 Å². The van der Waals surface area contributed by atoms with E-state index in [1.165, 1.54) is 5.56 Å². The topological polar surface area (TPSA) is 88.3 Å². The Morgan fingerprint density at radius 1 is 1.05 bits per heavy atom. The third-order valence-electron chi connectivity index (χ3n) is 7.20. The van der Waals surface area contributed by atoms with Gasteiger partial charge in [0.05, 0.1) is 5.92 Å². The van der Waals surface area contributed by atoms with Crippen LogP contribution in [0.5, 0.6) is 0 Å². The van der Waals surface area contributed by atoms with Gasteiger partial charge >= 0.3 is 0 Å². The smallest absolute Gasteiger partial charge is 0.272 e. The first-order chi connectivity index (χ1) is 18.0. The summed E-state index contributed by atoms with van der Waals surface area (Å²) in [5, 5.41) is 2.73. The molecule has 188 valence electrons. The standard InChI is InChI=1S/C29H27FN4O3/c30-23-17-22(23)27(35)32-21-6-7-26-24(16-21)33-28(37-26)20-8-11-31-25(15-20)29(36)34-12-9-19(10-13-34)14-18-4-2-1-3-5-18/h1-8,11,15-16,19,22-23H,9-10,12-14,17H2,(H,32,35)/t22-,23-/m1/s1. The van der Waals surface area contributed by atoms with Crippen molar-refractivity contribution < 1.29 is 18.4 Å². The first-order valence-electron chi connectivity index (χ1n) is 12.7. The number of benzene rings is 2. The van der Waals surface area contributed by atoms with Crippen LogP contribution in [0.15, 0.2) is 71.3 Å². The minimum absolute atomic E-state index is 0.0904. The Labute approximate surface area is 213 Å². The van der Waals surface area contributed by atoms with Gasteiger partial charge in [0.15, 0.2) is 5.58 Å². The monoisotopic (exact) mass is 498 g/mol. The maximum Gasteiger partial charge on any atom is 0.272 e. The van der Waals surface area contributed by atoms with Crippen LogP contribution in [0.25, 0.3) is 22.6 Å². The van der Waals surface area contributed by atoms with Gasteiger partial charge in [0.1, 0.15) is 17.4 Å². The number of amides is 2. The lowest BCUT2D eigenvalue weighted by Gasteiger charge is -2.32. The molecule has 2 aromatic carbocycles. The molecule has 8 heteroatoms. The molecule has 2 amide bonds. The molecule has 4 aromatic rings. The zero-order valence-corrected chi connectivity index (χ0v) is 20.3. The van der Waals surface area contributed by atoms with Crippen molar-refractivity contribution in [3.63, 3.8) is 0 Å². The fraction of sp³-hybridized carbons (Fsp3) is 0.310. The number of fused-ring (bicyclic) bond motifs is 1. The van der Waals surface area contributed by atoms with Crippen LogP contribution in [-0.4, -0.2) is 45.9 Å². The molecule has 2 atom stereocenters. The number of nitrogens with one attached hydrogen (secondary N) is 1. The number of hydrogen-bond acceptors (Lipinski definition) is 5. The van der Waals surface area contributed by atoms with Crippen molar-refractivity contribution in [2.45, 2.75) is 31.9 Å². The van der Waals surface area contributed by atoms with Crippen LogP contribution in [0, 0.1) is 11.8 Å². The van der Waals surface area contributed by atoms with Crippen LogP contribution in [0.2, 0.25) is 0 Å². The van der Waals surface area contributed by atoms with Crippen molar-refractivity contribution in [1.82, 2.24) is 14.9 Å². The molecule has 2 aliphatic rings. The second kappa shape index (κ2) is 9.76. The molecule has 0 spiro atoms. The van der Waals surface area contributed by atoms with E-state index in [9.17, 15) is 14.0 Å². The van der Waals surface area contributed by atoms with Gasteiger partial charge in [0, 0.05) is 30.5 Å². The predicted octanol–water partition coefficient (Wildman–Crippen LogP) is 5.28. The van der Waals surface area contributed by atoms with Crippen LogP contribution in [-0.2, 0) is 11.2 Å². The summed E-state index contributed by atoms with van der Waals surface area (Å²) >= 11 is 0. The predicted molar refractivity (Wildman–Crippen MR) is 138 cm³/mol. The van der Waals surface area contributed by atoms with Crippen LogP contribution >= 0.6 is 0 Å². The molecule has 6 rings (SSSR count). The number of carbonyl (C=O) groups excluding carboxylic acids is 2. The number of alkyl halides is 1. The van der Waals surface area contributed by atoms with Gasteiger partial charge in [-0.15, -0.1) is 0 Å². The second-order valence-electron chi connectivity index (χ2n) is 9.90. The van der Waals surface area contributed by atoms with E-state index in [0.29, 0.717) is 52.9 Å². The Bertz CT molecular complexity index is 1450. The summed E-state index contributed by atoms with van der Waals surface area (Å²) in [7, 11) is 0. The SMILES string of the molecule is O=C(Nc1ccc2oc(-c3ccnc(C(=O)N4CCC(Cc5ccccc5)CC4)c3)nc2c1)[C@@H]1C[C@H]1F. The number of likely N-dealkylation sites (tertiary alicyclic amines) is 1. The summed E-state index contributed by atoms with van der Waals surface area (Å²) < 4.78 is 19.1. The molecule has 1 aliphatic heterocycles. The molecular formula is C29H27FN4O3. The highest BCUT2D eigenvalue weighted by Crippen LogP contribution is 2.35. The normalized spacial score (nSPS) is 19.6. The average Bonchev–Trinajstić information content (AvgIpc) is 3.51. The molecular weight excluding hydrogens is 471 g/mol. The lowest BCUT2D eigenvalue weighted by Crippen LogP contribution is -2.39. The van der Waals surface area contributed by atoms with Crippen LogP contribution in [0.4, 0.5) is 10.1 Å². The number of pyridine rings is 1. The van der Waals surface area contributed by atoms with Crippen LogP contribution < -0.4 is 5.32 Å². The Morgan fingerprint density at radius 3 is 2.59 bits per heavy atom. The third kappa shape index (κ3) is 5.09. The highest BCUT2D eigenvalue weighted by molar-refractivity contribution is 5.96. The van der Waals surface area contributed by atoms with E-state index in [0.717, 1.165) is 19.3 Å². The van der Waals surface area contributed by atoms with Crippen LogP contribution in [0.1, 0.15) is 35.3 Å². The molecule has 2 fully saturated rings. The lowest BCUT2D eigenvalue weighted by atomic mass is 9.90. The second-order valence-corrected chi connectivity index (χ2v) is 9.90. The fourth-order valence-electron chi connectivity index (χ4n) is 4.93. The molecule has 1 aliphatic carbocycles. The first-order valence-corrected chi connectivity index (χ1v) is 12.7. The van der Waals surface area contributed by atoms with Crippen molar-refractivity contribution in [2.75, 3.05) is 18.4 Å². The summed E-state index contributed by atoms with van der Waals surface area (Å²) in [6, 6.07) is 19.1. The van der Waals surface area contributed by atoms with Crippen molar-refractivity contribution in [1.29, 1.82) is 0 Å². The molecule has 1 saturated heterocycles. The van der Waals surface area contributed by atoms with Gasteiger partial charge in [-0.1, -0.05) is 30.3 Å². The fourth-order valence-corrected chi connectivity index (χ4v) is 4.93. The van der Waals surface area contributed by atoms with E-state index >= 15 is 0 Å². The van der Waals surface area contributed by atoms with E-state index in [1.807, 2.05) is 11.0 Å². The maximum atomic E-state index is 13.2. The molecule has 1 N–H and O–H groups in total. The molecule has 7 nitrogen and oxygen atoms in total. The highest BCUT2D eigenvalue weighted by atomic mass is 19.1. The largest absolute Gasteiger partial charge is 0.436 e. The van der Waals surface area contributed by atoms with E-state index < -0.39 is 12.1 Å². The minimum Gasteiger partial charge on any atom is -0.436 e. The van der Waals surface area contributed by atoms with Crippen LogP contribution in [0.3, 0.4) is 0 Å². The molecule has 2 aromatic heterocycles. The summed E-state index contributed by atoms with van der Waals surface area (Å²) in [6.07, 6.45) is 3.79. The molecule has 3 heterocycles. The van der Waals surface area contributed by atoms with Gasteiger partial charge < -0.3 is 14.6 Å². The number of anilines is 1. The van der Waals surface area contributed by atoms with Crippen molar-refractivity contribution in [2.24, 2.45) is 11.8 Å². The zero-order chi connectivity index (χ0) is 25.4. The molecule has 0 radical (unpaired) electrons. The number of halogens is 1. The molecule has 0 bridgehead atoms. The summed E-state index contributed by atoms with van der Waals surface area (Å²) in [6.45, 7) is 1.42. The number of carbonyl (C=O) groups is 2. The van der Waals surface area contributed by atoms with Gasteiger partial charge in [-0.05, 0) is 67.5 Å². The van der Waals surface area contributed by atoms with Gasteiger partial charge in [0.2, 0.25) is 11.8 Å². The van der Waals surface area contributed by atoms with E-state index in [2.05, 4.69) is 39.6 Å². The van der Waals surface area contributed by atoms with Gasteiger partial charge in [-0.2, -0.15) is 0 Å². The Kier molecular flexibility index (Phi) is 6.16.